The van der Waals surface area contributed by atoms with E-state index >= 15 is 0 Å². The van der Waals surface area contributed by atoms with Crippen molar-refractivity contribution in [1.82, 2.24) is 4.98 Å². The molecule has 0 N–H and O–H groups in total. The van der Waals surface area contributed by atoms with Gasteiger partial charge in [0.25, 0.3) is 0 Å². The van der Waals surface area contributed by atoms with Gasteiger partial charge in [-0.25, -0.2) is 9.19 Å². The van der Waals surface area contributed by atoms with Crippen molar-refractivity contribution in [1.29, 1.82) is 0 Å². The second-order valence-electron chi connectivity index (χ2n) is 3.13. The molecule has 0 aromatic carbocycles. The van der Waals surface area contributed by atoms with Gasteiger partial charge in [-0.05, 0) is 18.6 Å². The van der Waals surface area contributed by atoms with Gasteiger partial charge in [-0.1, -0.05) is 19.9 Å². The smallest absolute Gasteiger partial charge is 0.161 e. The van der Waals surface area contributed by atoms with Gasteiger partial charge in [0.05, 0.1) is 9.73 Å². The largest absolute Gasteiger partial charge is 0.249 e. The Morgan fingerprint density at radius 2 is 2.00 bits per heavy atom. The molecule has 0 aliphatic heterocycles. The summed E-state index contributed by atoms with van der Waals surface area (Å²) in [4.78, 5) is 4.11. The Bertz CT molecular complexity index is 393. The summed E-state index contributed by atoms with van der Waals surface area (Å²) in [5.41, 5.74) is 1.09. The van der Waals surface area contributed by atoms with E-state index in [0.717, 1.165) is 5.56 Å². The Balaban J connectivity index is 3.08. The second kappa shape index (κ2) is 4.55. The molecule has 0 amide bonds. The lowest BCUT2D eigenvalue weighted by Crippen LogP contribution is -2.05. The van der Waals surface area contributed by atoms with E-state index in [9.17, 15) is 4.21 Å². The molecule has 4 heteroatoms. The number of nitrogens with zero attached hydrogens (tertiary/aromatic N) is 2. The van der Waals surface area contributed by atoms with Gasteiger partial charge in [-0.2, -0.15) is 4.36 Å². The van der Waals surface area contributed by atoms with Gasteiger partial charge in [-0.3, -0.25) is 0 Å². The molecule has 0 aliphatic rings. The molecule has 0 atom stereocenters. The van der Waals surface area contributed by atoms with Gasteiger partial charge in [0.15, 0.2) is 5.82 Å². The maximum absolute atomic E-state index is 12.0. The van der Waals surface area contributed by atoms with Crippen LogP contribution < -0.4 is 0 Å². The summed E-state index contributed by atoms with van der Waals surface area (Å²) >= 11 is 0. The quantitative estimate of drug-likeness (QED) is 0.772. The predicted octanol–water partition coefficient (Wildman–Crippen LogP) is 2.53. The first-order valence-corrected chi connectivity index (χ1v) is 6.60. The molecule has 0 saturated heterocycles. The minimum Gasteiger partial charge on any atom is -0.249 e. The van der Waals surface area contributed by atoms with Crippen molar-refractivity contribution in [3.63, 3.8) is 0 Å². The molecule has 0 spiro atoms. The van der Waals surface area contributed by atoms with Crippen molar-refractivity contribution in [2.24, 2.45) is 4.36 Å². The number of aromatic nitrogens is 1. The number of hydrogen-bond donors (Lipinski definition) is 0. The average Bonchev–Trinajstić information content (AvgIpc) is 2.21. The summed E-state index contributed by atoms with van der Waals surface area (Å²) in [5.74, 6) is 1.74. The molecule has 78 valence electrons. The van der Waals surface area contributed by atoms with Crippen LogP contribution in [0.1, 0.15) is 19.4 Å². The van der Waals surface area contributed by atoms with E-state index in [1.165, 1.54) is 0 Å². The third-order valence-electron chi connectivity index (χ3n) is 2.06. The highest BCUT2D eigenvalue weighted by Gasteiger charge is 2.02. The van der Waals surface area contributed by atoms with Crippen LogP contribution in [0.4, 0.5) is 5.82 Å². The zero-order valence-electron chi connectivity index (χ0n) is 8.86. The highest BCUT2D eigenvalue weighted by atomic mass is 32.2. The maximum atomic E-state index is 12.0. The van der Waals surface area contributed by atoms with Crippen LogP contribution >= 0.6 is 0 Å². The minimum atomic E-state index is -2.07. The summed E-state index contributed by atoms with van der Waals surface area (Å²) in [6.07, 6.45) is 1.74. The zero-order chi connectivity index (χ0) is 10.6. The van der Waals surface area contributed by atoms with Gasteiger partial charge in [-0.15, -0.1) is 0 Å². The first-order chi connectivity index (χ1) is 6.59. The Morgan fingerprint density at radius 1 is 1.36 bits per heavy atom. The lowest BCUT2D eigenvalue weighted by atomic mass is 10.3. The predicted molar refractivity (Wildman–Crippen MR) is 60.3 cm³/mol. The molecule has 0 unspecified atom stereocenters. The summed E-state index contributed by atoms with van der Waals surface area (Å²) < 4.78 is 16.2. The average molecular weight is 212 g/mol. The molecule has 1 heterocycles. The van der Waals surface area contributed by atoms with Crippen LogP contribution in [0.2, 0.25) is 0 Å². The minimum absolute atomic E-state index is 0.573. The second-order valence-corrected chi connectivity index (χ2v) is 6.02. The van der Waals surface area contributed by atoms with Crippen molar-refractivity contribution < 1.29 is 4.21 Å². The standard InChI is InChI=1S/C10H16N2OS/c1-4-14(13,5-2)12-10-7-6-9(3)8-11-10/h6-8H,4-5H2,1-3H3. The van der Waals surface area contributed by atoms with Crippen LogP contribution in [0.3, 0.4) is 0 Å². The first kappa shape index (κ1) is 11.2. The molecule has 1 aromatic heterocycles. The van der Waals surface area contributed by atoms with Gasteiger partial charge in [0, 0.05) is 17.7 Å². The molecular formula is C10H16N2OS. The molecule has 3 nitrogen and oxygen atoms in total. The van der Waals surface area contributed by atoms with Crippen LogP contribution in [-0.4, -0.2) is 20.7 Å². The van der Waals surface area contributed by atoms with Crippen molar-refractivity contribution in [2.75, 3.05) is 11.5 Å². The fourth-order valence-electron chi connectivity index (χ4n) is 1.02. The van der Waals surface area contributed by atoms with E-state index in [2.05, 4.69) is 9.35 Å². The van der Waals surface area contributed by atoms with E-state index in [1.54, 1.807) is 12.3 Å². The Labute approximate surface area is 85.8 Å². The monoisotopic (exact) mass is 212 g/mol. The van der Waals surface area contributed by atoms with E-state index in [4.69, 9.17) is 0 Å². The number of pyridine rings is 1. The van der Waals surface area contributed by atoms with Gasteiger partial charge in [0.1, 0.15) is 0 Å². The summed E-state index contributed by atoms with van der Waals surface area (Å²) in [5, 5.41) is 0. The fourth-order valence-corrected chi connectivity index (χ4v) is 2.13. The van der Waals surface area contributed by atoms with Crippen LogP contribution in [0.25, 0.3) is 0 Å². The van der Waals surface area contributed by atoms with Gasteiger partial charge < -0.3 is 0 Å². The Hall–Kier alpha value is -0.900. The van der Waals surface area contributed by atoms with E-state index in [1.807, 2.05) is 26.8 Å². The number of rotatable bonds is 3. The SMILES string of the molecule is CCS(=O)(CC)=Nc1ccc(C)cn1. The molecule has 0 saturated carbocycles. The maximum Gasteiger partial charge on any atom is 0.161 e. The first-order valence-electron chi connectivity index (χ1n) is 4.75. The highest BCUT2D eigenvalue weighted by Crippen LogP contribution is 2.12. The van der Waals surface area contributed by atoms with Crippen LogP contribution in [0, 0.1) is 6.92 Å². The lowest BCUT2D eigenvalue weighted by molar-refractivity contribution is 0.678. The fraction of sp³-hybridized carbons (Fsp3) is 0.500. The van der Waals surface area contributed by atoms with Crippen LogP contribution in [0.15, 0.2) is 22.7 Å². The summed E-state index contributed by atoms with van der Waals surface area (Å²) in [7, 11) is -2.07. The van der Waals surface area contributed by atoms with Crippen molar-refractivity contribution in [2.45, 2.75) is 20.8 Å². The lowest BCUT2D eigenvalue weighted by Gasteiger charge is -2.03. The number of aryl methyl sites for hydroxylation is 1. The normalized spacial score (nSPS) is 11.4. The Kier molecular flexibility index (Phi) is 3.63. The van der Waals surface area contributed by atoms with Gasteiger partial charge >= 0.3 is 0 Å². The molecule has 0 aliphatic carbocycles. The summed E-state index contributed by atoms with van der Waals surface area (Å²) in [6, 6.07) is 3.73. The van der Waals surface area contributed by atoms with Crippen molar-refractivity contribution >= 4 is 15.5 Å². The third kappa shape index (κ3) is 2.80. The van der Waals surface area contributed by atoms with Crippen LogP contribution in [-0.2, 0) is 9.73 Å². The zero-order valence-corrected chi connectivity index (χ0v) is 9.67. The molecule has 14 heavy (non-hydrogen) atoms. The van der Waals surface area contributed by atoms with E-state index in [-0.39, 0.29) is 0 Å². The summed E-state index contributed by atoms with van der Waals surface area (Å²) in [6.45, 7) is 5.75. The van der Waals surface area contributed by atoms with E-state index in [0.29, 0.717) is 17.3 Å². The Morgan fingerprint density at radius 3 is 2.43 bits per heavy atom. The van der Waals surface area contributed by atoms with Crippen LogP contribution in [0.5, 0.6) is 0 Å². The van der Waals surface area contributed by atoms with Gasteiger partial charge in [0.2, 0.25) is 0 Å². The van der Waals surface area contributed by atoms with Crippen molar-refractivity contribution in [3.8, 4) is 0 Å². The molecule has 1 rings (SSSR count). The molecule has 1 aromatic rings. The molecular weight excluding hydrogens is 196 g/mol. The van der Waals surface area contributed by atoms with E-state index < -0.39 is 9.73 Å². The van der Waals surface area contributed by atoms with Crippen molar-refractivity contribution in [3.05, 3.63) is 23.9 Å². The molecule has 0 fully saturated rings. The molecule has 0 bridgehead atoms. The highest BCUT2D eigenvalue weighted by molar-refractivity contribution is 7.93. The topological polar surface area (TPSA) is 42.3 Å². The molecule has 0 radical (unpaired) electrons. The third-order valence-corrected chi connectivity index (χ3v) is 4.38. The number of hydrogen-bond acceptors (Lipinski definition) is 3.